The number of guanidine groups is 2. The zero-order valence-corrected chi connectivity index (χ0v) is 27.8. The van der Waals surface area contributed by atoms with Crippen LogP contribution in [0.1, 0.15) is 6.92 Å². The fraction of sp³-hybridized carbons (Fsp3) is 0.231. The molecule has 4 rings (SSSR count). The van der Waals surface area contributed by atoms with Crippen LogP contribution < -0.4 is 22.9 Å². The van der Waals surface area contributed by atoms with E-state index in [1.807, 2.05) is 0 Å². The Hall–Kier alpha value is -3.88. The summed E-state index contributed by atoms with van der Waals surface area (Å²) in [5, 5.41) is 20.6. The van der Waals surface area contributed by atoms with E-state index < -0.39 is 32.9 Å². The van der Waals surface area contributed by atoms with E-state index in [0.717, 1.165) is 4.31 Å². The highest BCUT2D eigenvalue weighted by atomic mass is 35.5. The van der Waals surface area contributed by atoms with Crippen molar-refractivity contribution in [1.29, 1.82) is 0 Å². The molecule has 2 aromatic heterocycles. The standard InChI is InChI=1S/C13H16ClN5O4S.C13H16ClN5O2S/c1-19(6-11(20)21)24(22,23)7-2-3-8-9(4-7)12(18-13(15)16)17-5-10(8)14;1-3-19(2)22(20,21)8-4-5-9-10(6-8)12(18-13(15)16)17-7-11(9)14/h2-5,11,20-21H,6H2,1H3,(H4,15,16,17,18);4-7H,3H2,1-2H3,(H4,15,16,17,18). The quantitative estimate of drug-likeness (QED) is 0.0810. The molecule has 0 amide bonds. The van der Waals surface area contributed by atoms with E-state index >= 15 is 0 Å². The number of aromatic nitrogens is 2. The average Bonchev–Trinajstić information content (AvgIpc) is 2.98. The first-order valence-electron chi connectivity index (χ1n) is 13.0. The number of hydrogen-bond acceptors (Lipinski definition) is 10. The van der Waals surface area contributed by atoms with Crippen LogP contribution in [0.3, 0.4) is 0 Å². The van der Waals surface area contributed by atoms with Gasteiger partial charge in [0, 0.05) is 54.6 Å². The van der Waals surface area contributed by atoms with Crippen molar-refractivity contribution in [1.82, 2.24) is 18.6 Å². The molecule has 0 unspecified atom stereocenters. The summed E-state index contributed by atoms with van der Waals surface area (Å²) in [6, 6.07) is 8.75. The maximum atomic E-state index is 12.5. The van der Waals surface area contributed by atoms with Crippen LogP contribution in [0.2, 0.25) is 10.0 Å². The molecule has 16 nitrogen and oxygen atoms in total. The second-order valence-electron chi connectivity index (χ2n) is 9.53. The highest BCUT2D eigenvalue weighted by Gasteiger charge is 2.24. The number of nitrogens with zero attached hydrogens (tertiary/aromatic N) is 6. The van der Waals surface area contributed by atoms with Gasteiger partial charge in [0.2, 0.25) is 20.0 Å². The fourth-order valence-electron chi connectivity index (χ4n) is 3.95. The Morgan fingerprint density at radius 1 is 0.761 bits per heavy atom. The topological polar surface area (TPSA) is 270 Å². The van der Waals surface area contributed by atoms with Gasteiger partial charge in [-0.25, -0.2) is 31.1 Å². The lowest BCUT2D eigenvalue weighted by molar-refractivity contribution is -0.0469. The van der Waals surface area contributed by atoms with Crippen LogP contribution in [0.25, 0.3) is 21.5 Å². The Bertz CT molecular complexity index is 2040. The van der Waals surface area contributed by atoms with E-state index in [0.29, 0.717) is 38.1 Å². The van der Waals surface area contributed by atoms with Gasteiger partial charge in [0.25, 0.3) is 0 Å². The number of aliphatic hydroxyl groups excluding tert-OH is 1. The summed E-state index contributed by atoms with van der Waals surface area (Å²) in [5.74, 6) is -0.0677. The Labute approximate surface area is 275 Å². The molecule has 0 aliphatic carbocycles. The Balaban J connectivity index is 0.000000251. The number of nitrogens with two attached hydrogens (primary N) is 4. The average molecular weight is 716 g/mol. The summed E-state index contributed by atoms with van der Waals surface area (Å²) in [6.45, 7) is 1.63. The van der Waals surface area contributed by atoms with Gasteiger partial charge in [-0.1, -0.05) is 42.3 Å². The van der Waals surface area contributed by atoms with E-state index in [-0.39, 0.29) is 33.3 Å². The molecule has 20 heteroatoms. The molecule has 2 heterocycles. The Morgan fingerprint density at radius 2 is 1.15 bits per heavy atom. The number of benzene rings is 2. The molecule has 0 fully saturated rings. The minimum absolute atomic E-state index is 0.0886. The van der Waals surface area contributed by atoms with E-state index in [9.17, 15) is 16.8 Å². The number of aliphatic hydroxyl groups is 2. The van der Waals surface area contributed by atoms with Crippen molar-refractivity contribution < 1.29 is 27.0 Å². The normalized spacial score (nSPS) is 12.0. The number of likely N-dealkylation sites (N-methyl/N-ethyl adjacent to an activating group) is 1. The molecule has 2 aromatic carbocycles. The SMILES string of the molecule is CCN(C)S(=O)(=O)c1ccc2c(Cl)cnc(N=C(N)N)c2c1.CN(CC(O)O)S(=O)(=O)c1ccc2c(Cl)cnc(N=C(N)N)c2c1. The van der Waals surface area contributed by atoms with Gasteiger partial charge in [-0.05, 0) is 24.3 Å². The molecular formula is C26H32Cl2N10O6S2. The second-order valence-corrected chi connectivity index (χ2v) is 14.4. The number of sulfonamides is 2. The smallest absolute Gasteiger partial charge is 0.243 e. The van der Waals surface area contributed by atoms with Gasteiger partial charge < -0.3 is 33.1 Å². The van der Waals surface area contributed by atoms with Crippen LogP contribution in [-0.2, 0) is 20.0 Å². The predicted molar refractivity (Wildman–Crippen MR) is 178 cm³/mol. The summed E-state index contributed by atoms with van der Waals surface area (Å²) in [5.41, 5.74) is 21.5. The number of hydrogen-bond donors (Lipinski definition) is 6. The van der Waals surface area contributed by atoms with Crippen molar-refractivity contribution >= 4 is 88.3 Å². The van der Waals surface area contributed by atoms with E-state index in [4.69, 9.17) is 56.3 Å². The lowest BCUT2D eigenvalue weighted by atomic mass is 10.1. The largest absolute Gasteiger partial charge is 0.370 e. The number of rotatable bonds is 9. The van der Waals surface area contributed by atoms with Crippen LogP contribution >= 0.6 is 23.2 Å². The molecule has 248 valence electrons. The third-order valence-corrected chi connectivity index (χ3v) is 10.7. The van der Waals surface area contributed by atoms with Crippen molar-refractivity contribution in [2.24, 2.45) is 32.9 Å². The van der Waals surface area contributed by atoms with Gasteiger partial charge in [0.05, 0.1) is 26.4 Å². The minimum Gasteiger partial charge on any atom is -0.370 e. The van der Waals surface area contributed by atoms with Crippen LogP contribution in [0.5, 0.6) is 0 Å². The Morgan fingerprint density at radius 3 is 1.50 bits per heavy atom. The fourth-order valence-corrected chi connectivity index (χ4v) is 6.78. The van der Waals surface area contributed by atoms with Gasteiger partial charge in [-0.15, -0.1) is 0 Å². The first kappa shape index (κ1) is 36.6. The predicted octanol–water partition coefficient (Wildman–Crippen LogP) is 1.16. The third-order valence-electron chi connectivity index (χ3n) is 6.33. The van der Waals surface area contributed by atoms with Crippen LogP contribution in [0.4, 0.5) is 11.6 Å². The molecule has 0 saturated carbocycles. The summed E-state index contributed by atoms with van der Waals surface area (Å²) in [7, 11) is -4.80. The van der Waals surface area contributed by atoms with Crippen LogP contribution in [-0.4, -0.2) is 91.0 Å². The van der Waals surface area contributed by atoms with Gasteiger partial charge in [-0.3, -0.25) is 0 Å². The molecule has 0 radical (unpaired) electrons. The van der Waals surface area contributed by atoms with E-state index in [1.54, 1.807) is 13.0 Å². The molecule has 0 atom stereocenters. The highest BCUT2D eigenvalue weighted by molar-refractivity contribution is 7.89. The van der Waals surface area contributed by atoms with Crippen molar-refractivity contribution in [2.75, 3.05) is 27.2 Å². The zero-order chi connectivity index (χ0) is 34.6. The second kappa shape index (κ2) is 14.7. The summed E-state index contributed by atoms with van der Waals surface area (Å²) in [6.07, 6.45) is 0.977. The minimum atomic E-state index is -3.95. The molecule has 10 N–H and O–H groups in total. The molecule has 4 aromatic rings. The maximum Gasteiger partial charge on any atom is 0.243 e. The monoisotopic (exact) mass is 714 g/mol. The first-order chi connectivity index (χ1) is 21.4. The van der Waals surface area contributed by atoms with E-state index in [2.05, 4.69) is 20.0 Å². The number of pyridine rings is 2. The zero-order valence-electron chi connectivity index (χ0n) is 24.7. The summed E-state index contributed by atoms with van der Waals surface area (Å²) < 4.78 is 51.9. The number of fused-ring (bicyclic) bond motifs is 2. The lowest BCUT2D eigenvalue weighted by Crippen LogP contribution is -2.34. The van der Waals surface area contributed by atoms with Crippen LogP contribution in [0.15, 0.2) is 68.6 Å². The third kappa shape index (κ3) is 8.28. The molecule has 46 heavy (non-hydrogen) atoms. The van der Waals surface area contributed by atoms with Crippen molar-refractivity contribution in [2.45, 2.75) is 23.0 Å². The maximum absolute atomic E-state index is 12.5. The van der Waals surface area contributed by atoms with Gasteiger partial charge >= 0.3 is 0 Å². The summed E-state index contributed by atoms with van der Waals surface area (Å²) >= 11 is 12.2. The highest BCUT2D eigenvalue weighted by Crippen LogP contribution is 2.33. The molecular weight excluding hydrogens is 683 g/mol. The summed E-state index contributed by atoms with van der Waals surface area (Å²) in [4.78, 5) is 15.8. The van der Waals surface area contributed by atoms with Crippen molar-refractivity contribution in [3.8, 4) is 0 Å². The molecule has 0 aliphatic heterocycles. The van der Waals surface area contributed by atoms with E-state index in [1.165, 1.54) is 61.1 Å². The van der Waals surface area contributed by atoms with Crippen LogP contribution in [0, 0.1) is 0 Å². The van der Waals surface area contributed by atoms with Crippen molar-refractivity contribution in [3.63, 3.8) is 0 Å². The molecule has 0 aliphatic rings. The lowest BCUT2D eigenvalue weighted by Gasteiger charge is -2.18. The number of halogens is 2. The molecule has 0 saturated heterocycles. The number of aliphatic imine (C=N–C) groups is 2. The molecule has 0 spiro atoms. The first-order valence-corrected chi connectivity index (χ1v) is 16.7. The van der Waals surface area contributed by atoms with Gasteiger partial charge in [0.1, 0.15) is 0 Å². The van der Waals surface area contributed by atoms with Gasteiger partial charge in [-0.2, -0.15) is 14.3 Å². The molecule has 0 bridgehead atoms. The Kier molecular flexibility index (Phi) is 11.7. The van der Waals surface area contributed by atoms with Gasteiger partial charge in [0.15, 0.2) is 29.8 Å². The van der Waals surface area contributed by atoms with Crippen molar-refractivity contribution in [3.05, 3.63) is 58.8 Å².